The lowest BCUT2D eigenvalue weighted by atomic mass is 9.94. The van der Waals surface area contributed by atoms with Crippen LogP contribution in [0.2, 0.25) is 0 Å². The first-order valence-electron chi connectivity index (χ1n) is 11.5. The lowest BCUT2D eigenvalue weighted by Gasteiger charge is -2.30. The van der Waals surface area contributed by atoms with Crippen LogP contribution in [0.3, 0.4) is 0 Å². The summed E-state index contributed by atoms with van der Waals surface area (Å²) in [6, 6.07) is 21.8. The molecule has 7 nitrogen and oxygen atoms in total. The van der Waals surface area contributed by atoms with Crippen molar-refractivity contribution in [3.63, 3.8) is 0 Å². The van der Waals surface area contributed by atoms with E-state index in [9.17, 15) is 14.0 Å². The predicted octanol–water partition coefficient (Wildman–Crippen LogP) is 5.51. The minimum absolute atomic E-state index is 0.324. The molecule has 8 heteroatoms. The van der Waals surface area contributed by atoms with Crippen LogP contribution >= 0.6 is 0 Å². The van der Waals surface area contributed by atoms with Crippen molar-refractivity contribution in [3.05, 3.63) is 119 Å². The molecule has 5 rings (SSSR count). The van der Waals surface area contributed by atoms with Crippen LogP contribution in [-0.2, 0) is 4.79 Å². The van der Waals surface area contributed by atoms with E-state index in [4.69, 9.17) is 0 Å². The Bertz CT molecular complexity index is 1460. The zero-order chi connectivity index (χ0) is 25.2. The molecular weight excluding hydrogens is 457 g/mol. The van der Waals surface area contributed by atoms with Crippen molar-refractivity contribution in [2.45, 2.75) is 19.9 Å². The van der Waals surface area contributed by atoms with E-state index in [0.717, 1.165) is 5.56 Å². The van der Waals surface area contributed by atoms with Crippen LogP contribution in [0.25, 0.3) is 0 Å². The molecule has 1 aliphatic heterocycles. The molecule has 3 aromatic carbocycles. The number of aryl methyl sites for hydroxylation is 1. The number of nitrogens with zero attached hydrogens (tertiary/aromatic N) is 2. The Hall–Kier alpha value is -4.72. The Kier molecular flexibility index (Phi) is 6.08. The topological polar surface area (TPSA) is 88.0 Å². The Labute approximate surface area is 207 Å². The van der Waals surface area contributed by atoms with Gasteiger partial charge in [-0.3, -0.25) is 9.59 Å². The van der Waals surface area contributed by atoms with Crippen molar-refractivity contribution in [1.82, 2.24) is 9.78 Å². The van der Waals surface area contributed by atoms with E-state index in [1.165, 1.54) is 18.3 Å². The number of halogens is 1. The predicted molar refractivity (Wildman–Crippen MR) is 137 cm³/mol. The third-order valence-electron chi connectivity index (χ3n) is 6.04. The maximum Gasteiger partial charge on any atom is 0.261 e. The number of hydrogen-bond donors (Lipinski definition) is 3. The van der Waals surface area contributed by atoms with E-state index < -0.39 is 6.04 Å². The second kappa shape index (κ2) is 9.50. The highest BCUT2D eigenvalue weighted by Gasteiger charge is 2.35. The molecule has 2 heterocycles. The molecule has 0 fully saturated rings. The molecule has 180 valence electrons. The Balaban J connectivity index is 1.53. The first-order chi connectivity index (χ1) is 17.4. The van der Waals surface area contributed by atoms with E-state index in [0.29, 0.717) is 39.6 Å². The molecule has 1 aliphatic rings. The van der Waals surface area contributed by atoms with Gasteiger partial charge in [-0.1, -0.05) is 48.0 Å². The second-order valence-corrected chi connectivity index (χ2v) is 8.61. The van der Waals surface area contributed by atoms with Crippen LogP contribution in [0.5, 0.6) is 0 Å². The van der Waals surface area contributed by atoms with Crippen LogP contribution in [0.15, 0.2) is 96.3 Å². The number of rotatable bonds is 5. The monoisotopic (exact) mass is 481 g/mol. The molecule has 0 spiro atoms. The lowest BCUT2D eigenvalue weighted by Crippen LogP contribution is -2.32. The summed E-state index contributed by atoms with van der Waals surface area (Å²) in [6.45, 7) is 3.74. The molecule has 1 atom stereocenters. The van der Waals surface area contributed by atoms with Crippen molar-refractivity contribution in [2.24, 2.45) is 0 Å². The third-order valence-corrected chi connectivity index (χ3v) is 6.04. The SMILES string of the molecule is CC1=C(C(=O)Nc2ccccc2)[C@H](c2ccc(F)cc2)n2ncc(C(=O)Nc3ccc(C)cc3)c2N1. The van der Waals surface area contributed by atoms with Gasteiger partial charge < -0.3 is 16.0 Å². The molecule has 0 radical (unpaired) electrons. The van der Waals surface area contributed by atoms with Gasteiger partial charge in [-0.05, 0) is 55.8 Å². The van der Waals surface area contributed by atoms with Crippen molar-refractivity contribution in [1.29, 1.82) is 0 Å². The van der Waals surface area contributed by atoms with Crippen molar-refractivity contribution < 1.29 is 14.0 Å². The number of aromatic nitrogens is 2. The Morgan fingerprint density at radius 3 is 2.19 bits per heavy atom. The number of allylic oxidation sites excluding steroid dienone is 1. The summed E-state index contributed by atoms with van der Waals surface area (Å²) < 4.78 is 15.3. The minimum atomic E-state index is -0.675. The maximum atomic E-state index is 13.7. The van der Waals surface area contributed by atoms with Crippen molar-refractivity contribution in [2.75, 3.05) is 16.0 Å². The molecule has 0 unspecified atom stereocenters. The highest BCUT2D eigenvalue weighted by Crippen LogP contribution is 2.38. The van der Waals surface area contributed by atoms with Gasteiger partial charge in [-0.2, -0.15) is 5.10 Å². The standard InChI is InChI=1S/C28H24FN5O2/c1-17-8-14-22(15-9-17)32-27(35)23-16-30-34-25(19-10-12-20(29)13-11-19)24(18(2)31-26(23)34)28(36)33-21-6-4-3-5-7-21/h3-16,25,31H,1-2H3,(H,32,35)(H,33,36)/t25-/m0/s1. The molecule has 0 bridgehead atoms. The van der Waals surface area contributed by atoms with E-state index >= 15 is 0 Å². The fraction of sp³-hybridized carbons (Fsp3) is 0.107. The van der Waals surface area contributed by atoms with Crippen LogP contribution in [0, 0.1) is 12.7 Å². The number of carbonyl (C=O) groups is 2. The van der Waals surface area contributed by atoms with Gasteiger partial charge in [-0.15, -0.1) is 0 Å². The van der Waals surface area contributed by atoms with E-state index in [1.54, 1.807) is 35.9 Å². The summed E-state index contributed by atoms with van der Waals surface area (Å²) >= 11 is 0. The summed E-state index contributed by atoms with van der Waals surface area (Å²) in [5, 5.41) is 13.5. The summed E-state index contributed by atoms with van der Waals surface area (Å²) in [7, 11) is 0. The smallest absolute Gasteiger partial charge is 0.261 e. The number of benzene rings is 3. The molecule has 1 aromatic heterocycles. The van der Waals surface area contributed by atoms with E-state index in [1.807, 2.05) is 49.4 Å². The van der Waals surface area contributed by atoms with Gasteiger partial charge in [0.25, 0.3) is 11.8 Å². The molecule has 3 N–H and O–H groups in total. The van der Waals surface area contributed by atoms with Gasteiger partial charge >= 0.3 is 0 Å². The van der Waals surface area contributed by atoms with Gasteiger partial charge in [0.1, 0.15) is 23.2 Å². The molecule has 2 amide bonds. The summed E-state index contributed by atoms with van der Waals surface area (Å²) in [6.07, 6.45) is 1.47. The van der Waals surface area contributed by atoms with Crippen LogP contribution in [0.4, 0.5) is 21.6 Å². The Morgan fingerprint density at radius 1 is 0.861 bits per heavy atom. The van der Waals surface area contributed by atoms with Crippen molar-refractivity contribution >= 4 is 29.0 Å². The first kappa shape index (κ1) is 23.0. The van der Waals surface area contributed by atoms with Gasteiger partial charge in [0.05, 0.1) is 11.8 Å². The van der Waals surface area contributed by atoms with Crippen molar-refractivity contribution in [3.8, 4) is 0 Å². The zero-order valence-electron chi connectivity index (χ0n) is 19.7. The number of nitrogens with one attached hydrogen (secondary N) is 3. The molecule has 0 saturated carbocycles. The number of hydrogen-bond acceptors (Lipinski definition) is 4. The second-order valence-electron chi connectivity index (χ2n) is 8.61. The number of para-hydroxylation sites is 1. The highest BCUT2D eigenvalue weighted by atomic mass is 19.1. The minimum Gasteiger partial charge on any atom is -0.343 e. The highest BCUT2D eigenvalue weighted by molar-refractivity contribution is 6.09. The first-order valence-corrected chi connectivity index (χ1v) is 11.5. The molecule has 36 heavy (non-hydrogen) atoms. The number of carbonyl (C=O) groups excluding carboxylic acids is 2. The van der Waals surface area contributed by atoms with Gasteiger partial charge in [0, 0.05) is 17.1 Å². The van der Waals surface area contributed by atoms with Gasteiger partial charge in [-0.25, -0.2) is 9.07 Å². The quantitative estimate of drug-likeness (QED) is 0.351. The Morgan fingerprint density at radius 2 is 1.50 bits per heavy atom. The summed E-state index contributed by atoms with van der Waals surface area (Å²) in [5.74, 6) is -0.604. The normalized spacial score (nSPS) is 14.6. The maximum absolute atomic E-state index is 13.7. The lowest BCUT2D eigenvalue weighted by molar-refractivity contribution is -0.113. The summed E-state index contributed by atoms with van der Waals surface area (Å²) in [5.41, 5.74) is 4.34. The average Bonchev–Trinajstić information content (AvgIpc) is 3.29. The molecule has 0 saturated heterocycles. The molecule has 0 aliphatic carbocycles. The van der Waals surface area contributed by atoms with E-state index in [2.05, 4.69) is 21.0 Å². The average molecular weight is 482 g/mol. The fourth-order valence-electron chi connectivity index (χ4n) is 4.22. The fourth-order valence-corrected chi connectivity index (χ4v) is 4.22. The van der Waals surface area contributed by atoms with Crippen LogP contribution < -0.4 is 16.0 Å². The zero-order valence-corrected chi connectivity index (χ0v) is 19.7. The number of anilines is 3. The molecular formula is C28H24FN5O2. The largest absolute Gasteiger partial charge is 0.343 e. The summed E-state index contributed by atoms with van der Waals surface area (Å²) in [4.78, 5) is 26.6. The molecule has 4 aromatic rings. The number of fused-ring (bicyclic) bond motifs is 1. The van der Waals surface area contributed by atoms with Gasteiger partial charge in [0.15, 0.2) is 0 Å². The van der Waals surface area contributed by atoms with Crippen LogP contribution in [0.1, 0.15) is 34.5 Å². The third kappa shape index (κ3) is 4.48. The van der Waals surface area contributed by atoms with Gasteiger partial charge in [0.2, 0.25) is 0 Å². The number of amides is 2. The van der Waals surface area contributed by atoms with E-state index in [-0.39, 0.29) is 17.6 Å². The van der Waals surface area contributed by atoms with Crippen LogP contribution in [-0.4, -0.2) is 21.6 Å².